The maximum atomic E-state index is 11.9. The van der Waals surface area contributed by atoms with Gasteiger partial charge in [0.05, 0.1) is 6.61 Å². The molecule has 98 valence electrons. The Hall–Kier alpha value is -1.14. The molecule has 1 saturated heterocycles. The first kappa shape index (κ1) is 13.9. The van der Waals surface area contributed by atoms with Crippen LogP contribution in [0.15, 0.2) is 0 Å². The van der Waals surface area contributed by atoms with Gasteiger partial charge in [-0.1, -0.05) is 0 Å². The Morgan fingerprint density at radius 2 is 2.29 bits per heavy atom. The molecule has 0 aliphatic carbocycles. The van der Waals surface area contributed by atoms with Gasteiger partial charge in [-0.3, -0.25) is 9.59 Å². The van der Waals surface area contributed by atoms with E-state index < -0.39 is 12.1 Å². The van der Waals surface area contributed by atoms with E-state index in [-0.39, 0.29) is 24.5 Å². The van der Waals surface area contributed by atoms with Crippen LogP contribution in [0.2, 0.25) is 0 Å². The molecule has 0 aromatic rings. The van der Waals surface area contributed by atoms with Gasteiger partial charge >= 0.3 is 0 Å². The minimum atomic E-state index is -0.721. The predicted molar refractivity (Wildman–Crippen MR) is 63.2 cm³/mol. The van der Waals surface area contributed by atoms with Gasteiger partial charge in [0.15, 0.2) is 0 Å². The number of likely N-dealkylation sites (tertiary alicyclic amines) is 1. The van der Waals surface area contributed by atoms with E-state index in [1.54, 1.807) is 4.90 Å². The molecule has 1 aliphatic heterocycles. The molecule has 3 N–H and O–H groups in total. The zero-order chi connectivity index (χ0) is 13.0. The molecule has 1 heterocycles. The molecule has 1 rings (SSSR count). The van der Waals surface area contributed by atoms with Crippen LogP contribution in [-0.2, 0) is 14.3 Å². The Labute approximate surface area is 101 Å². The summed E-state index contributed by atoms with van der Waals surface area (Å²) in [6.07, 6.45) is 0.641. The van der Waals surface area contributed by atoms with Crippen molar-refractivity contribution in [2.75, 3.05) is 20.3 Å². The molecular formula is C11H21N3O3. The van der Waals surface area contributed by atoms with Crippen molar-refractivity contribution in [2.24, 2.45) is 5.73 Å². The quantitative estimate of drug-likeness (QED) is 0.654. The number of methoxy groups -OCH3 is 1. The summed E-state index contributed by atoms with van der Waals surface area (Å²) in [6, 6.07) is -0.995. The highest BCUT2D eigenvalue weighted by Crippen LogP contribution is 2.14. The minimum absolute atomic E-state index is 0.0297. The van der Waals surface area contributed by atoms with E-state index in [4.69, 9.17) is 10.5 Å². The summed E-state index contributed by atoms with van der Waals surface area (Å²) in [4.78, 5) is 25.3. The SMILES string of the molecule is COCC(N)C(=O)NC1CCN(C(C)C)C1=O. The van der Waals surface area contributed by atoms with Crippen molar-refractivity contribution in [3.05, 3.63) is 0 Å². The lowest BCUT2D eigenvalue weighted by Gasteiger charge is -2.21. The standard InChI is InChI=1S/C11H21N3O3/c1-7(2)14-5-4-9(11(14)16)13-10(15)8(12)6-17-3/h7-9H,4-6,12H2,1-3H3,(H,13,15). The fourth-order valence-corrected chi connectivity index (χ4v) is 1.88. The lowest BCUT2D eigenvalue weighted by molar-refractivity contribution is -0.134. The monoisotopic (exact) mass is 243 g/mol. The maximum Gasteiger partial charge on any atom is 0.245 e. The highest BCUT2D eigenvalue weighted by atomic mass is 16.5. The van der Waals surface area contributed by atoms with Crippen LogP contribution in [0.5, 0.6) is 0 Å². The molecule has 0 bridgehead atoms. The molecule has 6 heteroatoms. The third kappa shape index (κ3) is 3.41. The van der Waals surface area contributed by atoms with E-state index in [2.05, 4.69) is 5.32 Å². The maximum absolute atomic E-state index is 11.9. The number of hydrogen-bond acceptors (Lipinski definition) is 4. The van der Waals surface area contributed by atoms with Crippen LogP contribution in [0.4, 0.5) is 0 Å². The van der Waals surface area contributed by atoms with Crippen molar-refractivity contribution in [2.45, 2.75) is 38.4 Å². The number of rotatable bonds is 5. The first-order valence-electron chi connectivity index (χ1n) is 5.82. The number of hydrogen-bond donors (Lipinski definition) is 2. The van der Waals surface area contributed by atoms with Crippen LogP contribution in [0, 0.1) is 0 Å². The van der Waals surface area contributed by atoms with E-state index in [1.165, 1.54) is 7.11 Å². The molecule has 0 spiro atoms. The van der Waals surface area contributed by atoms with Crippen molar-refractivity contribution in [3.8, 4) is 0 Å². The zero-order valence-electron chi connectivity index (χ0n) is 10.6. The Bertz CT molecular complexity index is 294. The molecule has 0 radical (unpaired) electrons. The van der Waals surface area contributed by atoms with Crippen LogP contribution in [0.25, 0.3) is 0 Å². The van der Waals surface area contributed by atoms with Crippen LogP contribution in [0.3, 0.4) is 0 Å². The van der Waals surface area contributed by atoms with Gasteiger partial charge in [0.25, 0.3) is 0 Å². The van der Waals surface area contributed by atoms with Crippen molar-refractivity contribution in [3.63, 3.8) is 0 Å². The second-order valence-corrected chi connectivity index (χ2v) is 4.54. The second kappa shape index (κ2) is 5.97. The molecule has 2 atom stereocenters. The average molecular weight is 243 g/mol. The van der Waals surface area contributed by atoms with Crippen LogP contribution in [-0.4, -0.2) is 55.1 Å². The van der Waals surface area contributed by atoms with Crippen molar-refractivity contribution >= 4 is 11.8 Å². The summed E-state index contributed by atoms with van der Waals surface area (Å²) in [5.41, 5.74) is 5.58. The minimum Gasteiger partial charge on any atom is -0.383 e. The summed E-state index contributed by atoms with van der Waals surface area (Å²) in [6.45, 7) is 4.75. The van der Waals surface area contributed by atoms with Gasteiger partial charge in [0, 0.05) is 19.7 Å². The van der Waals surface area contributed by atoms with Crippen molar-refractivity contribution < 1.29 is 14.3 Å². The fraction of sp³-hybridized carbons (Fsp3) is 0.818. The van der Waals surface area contributed by atoms with Gasteiger partial charge in [0.2, 0.25) is 11.8 Å². The second-order valence-electron chi connectivity index (χ2n) is 4.54. The Morgan fingerprint density at radius 3 is 2.76 bits per heavy atom. The molecule has 1 aliphatic rings. The molecule has 17 heavy (non-hydrogen) atoms. The van der Waals surface area contributed by atoms with Gasteiger partial charge in [-0.05, 0) is 20.3 Å². The first-order chi connectivity index (χ1) is 7.97. The summed E-state index contributed by atoms with van der Waals surface area (Å²) in [5, 5.41) is 2.66. The summed E-state index contributed by atoms with van der Waals surface area (Å²) in [5.74, 6) is -0.367. The normalized spacial score (nSPS) is 22.1. The average Bonchev–Trinajstić information content (AvgIpc) is 2.61. The van der Waals surface area contributed by atoms with Crippen LogP contribution < -0.4 is 11.1 Å². The third-order valence-electron chi connectivity index (χ3n) is 2.86. The smallest absolute Gasteiger partial charge is 0.245 e. The number of nitrogens with one attached hydrogen (secondary N) is 1. The molecule has 0 saturated carbocycles. The third-order valence-corrected chi connectivity index (χ3v) is 2.86. The topological polar surface area (TPSA) is 84.7 Å². The largest absolute Gasteiger partial charge is 0.383 e. The number of amides is 2. The number of nitrogens with zero attached hydrogens (tertiary/aromatic N) is 1. The lowest BCUT2D eigenvalue weighted by Crippen LogP contribution is -2.50. The van der Waals surface area contributed by atoms with Crippen molar-refractivity contribution in [1.82, 2.24) is 10.2 Å². The highest BCUT2D eigenvalue weighted by Gasteiger charge is 2.34. The summed E-state index contributed by atoms with van der Waals surface area (Å²) >= 11 is 0. The molecule has 1 fully saturated rings. The molecule has 2 unspecified atom stereocenters. The number of nitrogens with two attached hydrogens (primary N) is 1. The van der Waals surface area contributed by atoms with Gasteiger partial charge in [-0.15, -0.1) is 0 Å². The number of ether oxygens (including phenoxy) is 1. The molecular weight excluding hydrogens is 222 g/mol. The van der Waals surface area contributed by atoms with E-state index in [0.717, 1.165) is 0 Å². The Balaban J connectivity index is 2.48. The van der Waals surface area contributed by atoms with Gasteiger partial charge in [-0.25, -0.2) is 0 Å². The summed E-state index contributed by atoms with van der Waals surface area (Å²) in [7, 11) is 1.48. The zero-order valence-corrected chi connectivity index (χ0v) is 10.6. The molecule has 6 nitrogen and oxygen atoms in total. The van der Waals surface area contributed by atoms with E-state index >= 15 is 0 Å². The Morgan fingerprint density at radius 1 is 1.65 bits per heavy atom. The molecule has 0 aromatic heterocycles. The number of carbonyl (C=O) groups is 2. The van der Waals surface area contributed by atoms with E-state index in [9.17, 15) is 9.59 Å². The fourth-order valence-electron chi connectivity index (χ4n) is 1.88. The summed E-state index contributed by atoms with van der Waals surface area (Å²) < 4.78 is 4.79. The highest BCUT2D eigenvalue weighted by molar-refractivity contribution is 5.91. The lowest BCUT2D eigenvalue weighted by atomic mass is 10.2. The van der Waals surface area contributed by atoms with Crippen LogP contribution in [0.1, 0.15) is 20.3 Å². The molecule has 2 amide bonds. The Kier molecular flexibility index (Phi) is 4.89. The van der Waals surface area contributed by atoms with Crippen molar-refractivity contribution in [1.29, 1.82) is 0 Å². The first-order valence-corrected chi connectivity index (χ1v) is 5.82. The van der Waals surface area contributed by atoms with E-state index in [1.807, 2.05) is 13.8 Å². The predicted octanol–water partition coefficient (Wildman–Crippen LogP) is -0.914. The van der Waals surface area contributed by atoms with Gasteiger partial charge in [-0.2, -0.15) is 0 Å². The van der Waals surface area contributed by atoms with E-state index in [0.29, 0.717) is 13.0 Å². The van der Waals surface area contributed by atoms with Gasteiger partial charge in [0.1, 0.15) is 12.1 Å². The van der Waals surface area contributed by atoms with Crippen LogP contribution >= 0.6 is 0 Å². The molecule has 0 aromatic carbocycles. The van der Waals surface area contributed by atoms with Gasteiger partial charge < -0.3 is 20.7 Å². The number of carbonyl (C=O) groups excluding carboxylic acids is 2.